The predicted molar refractivity (Wildman–Crippen MR) is 110 cm³/mol. The molecule has 25 heavy (non-hydrogen) atoms. The van der Waals surface area contributed by atoms with Crippen LogP contribution in [-0.4, -0.2) is 29.9 Å². The standard InChI is InChI=1S/C22H32N2S/c1-21(2)9-10-22(3,4)18-13-16(5-6-17(18)21)20-24-14-19(25-20)15-7-11-23-12-8-15/h5-6,13,15,19,23H,7-12,14H2,1-4H3. The third-order valence-corrected chi connectivity index (χ3v) is 8.11. The number of piperidine rings is 1. The Morgan fingerprint density at radius 1 is 1.00 bits per heavy atom. The molecule has 0 saturated carbocycles. The number of thioether (sulfide) groups is 1. The summed E-state index contributed by atoms with van der Waals surface area (Å²) >= 11 is 2.04. The number of hydrogen-bond acceptors (Lipinski definition) is 3. The van der Waals surface area contributed by atoms with E-state index in [9.17, 15) is 0 Å². The highest BCUT2D eigenvalue weighted by atomic mass is 32.2. The van der Waals surface area contributed by atoms with Gasteiger partial charge in [0.05, 0.1) is 11.6 Å². The van der Waals surface area contributed by atoms with Crippen LogP contribution in [0.1, 0.15) is 70.1 Å². The van der Waals surface area contributed by atoms with Crippen LogP contribution in [0.3, 0.4) is 0 Å². The van der Waals surface area contributed by atoms with Gasteiger partial charge in [-0.05, 0) is 72.7 Å². The minimum atomic E-state index is 0.277. The Morgan fingerprint density at radius 2 is 1.68 bits per heavy atom. The first-order chi connectivity index (χ1) is 11.9. The molecule has 0 bridgehead atoms. The average Bonchev–Trinajstić information content (AvgIpc) is 3.10. The summed E-state index contributed by atoms with van der Waals surface area (Å²) in [4.78, 5) is 4.95. The lowest BCUT2D eigenvalue weighted by Gasteiger charge is -2.42. The van der Waals surface area contributed by atoms with Crippen LogP contribution in [0.4, 0.5) is 0 Å². The summed E-state index contributed by atoms with van der Waals surface area (Å²) in [5.74, 6) is 0.834. The Kier molecular flexibility index (Phi) is 4.52. The topological polar surface area (TPSA) is 24.4 Å². The van der Waals surface area contributed by atoms with Crippen LogP contribution < -0.4 is 5.32 Å². The third kappa shape index (κ3) is 3.30. The maximum absolute atomic E-state index is 4.95. The van der Waals surface area contributed by atoms with Gasteiger partial charge in [0, 0.05) is 10.8 Å². The van der Waals surface area contributed by atoms with Crippen molar-refractivity contribution >= 4 is 16.8 Å². The molecule has 3 heteroatoms. The first kappa shape index (κ1) is 17.6. The molecule has 2 nitrogen and oxygen atoms in total. The maximum atomic E-state index is 4.95. The van der Waals surface area contributed by atoms with E-state index in [1.165, 1.54) is 49.4 Å². The molecule has 1 aromatic rings. The van der Waals surface area contributed by atoms with E-state index in [-0.39, 0.29) is 5.41 Å². The zero-order valence-corrected chi connectivity index (χ0v) is 17.0. The third-order valence-electron chi connectivity index (χ3n) is 6.69. The highest BCUT2D eigenvalue weighted by molar-refractivity contribution is 8.15. The van der Waals surface area contributed by atoms with E-state index in [0.717, 1.165) is 12.5 Å². The summed E-state index contributed by atoms with van der Waals surface area (Å²) in [6, 6.07) is 7.19. The zero-order chi connectivity index (χ0) is 17.7. The van der Waals surface area contributed by atoms with Crippen molar-refractivity contribution in [3.63, 3.8) is 0 Å². The fourth-order valence-corrected chi connectivity index (χ4v) is 6.05. The number of hydrogen-bond donors (Lipinski definition) is 1. The molecule has 1 atom stereocenters. The predicted octanol–water partition coefficient (Wildman–Crippen LogP) is 4.90. The molecule has 2 heterocycles. The molecule has 0 aromatic heterocycles. The van der Waals surface area contributed by atoms with Crippen molar-refractivity contribution in [2.45, 2.75) is 69.5 Å². The quantitative estimate of drug-likeness (QED) is 0.815. The average molecular weight is 357 g/mol. The number of fused-ring (bicyclic) bond motifs is 1. The summed E-state index contributed by atoms with van der Waals surface area (Å²) in [7, 11) is 0. The molecule has 1 fully saturated rings. The van der Waals surface area contributed by atoms with Gasteiger partial charge < -0.3 is 5.32 Å². The Labute approximate surface area is 157 Å². The van der Waals surface area contributed by atoms with E-state index in [0.29, 0.717) is 10.7 Å². The van der Waals surface area contributed by atoms with Gasteiger partial charge in [-0.15, -0.1) is 11.8 Å². The summed E-state index contributed by atoms with van der Waals surface area (Å²) in [5, 5.41) is 5.46. The number of nitrogens with one attached hydrogen (secondary N) is 1. The smallest absolute Gasteiger partial charge is 0.0980 e. The minimum absolute atomic E-state index is 0.277. The molecule has 1 aliphatic carbocycles. The molecule has 1 N–H and O–H groups in total. The van der Waals surface area contributed by atoms with Gasteiger partial charge in [-0.2, -0.15) is 0 Å². The van der Waals surface area contributed by atoms with E-state index in [2.05, 4.69) is 51.2 Å². The normalized spacial score (nSPS) is 28.5. The SMILES string of the molecule is CC1(C)CCC(C)(C)c2cc(C3=NCC(C4CCNCC4)S3)ccc21. The summed E-state index contributed by atoms with van der Waals surface area (Å²) in [6.45, 7) is 13.0. The Balaban J connectivity index is 1.58. The molecule has 0 amide bonds. The van der Waals surface area contributed by atoms with E-state index < -0.39 is 0 Å². The van der Waals surface area contributed by atoms with Crippen LogP contribution >= 0.6 is 11.8 Å². The first-order valence-electron chi connectivity index (χ1n) is 9.94. The van der Waals surface area contributed by atoms with Gasteiger partial charge >= 0.3 is 0 Å². The highest BCUT2D eigenvalue weighted by Crippen LogP contribution is 2.46. The van der Waals surface area contributed by atoms with E-state index in [4.69, 9.17) is 4.99 Å². The maximum Gasteiger partial charge on any atom is 0.0980 e. The van der Waals surface area contributed by atoms with Crippen LogP contribution in [0, 0.1) is 5.92 Å². The number of aliphatic imine (C=N–C) groups is 1. The molecule has 3 aliphatic rings. The zero-order valence-electron chi connectivity index (χ0n) is 16.2. The molecule has 0 spiro atoms. The molecule has 2 aliphatic heterocycles. The summed E-state index contributed by atoms with van der Waals surface area (Å²) < 4.78 is 0. The Morgan fingerprint density at radius 3 is 2.40 bits per heavy atom. The molecule has 1 aromatic carbocycles. The Hall–Kier alpha value is -0.800. The monoisotopic (exact) mass is 356 g/mol. The van der Waals surface area contributed by atoms with E-state index >= 15 is 0 Å². The molecule has 1 saturated heterocycles. The second-order valence-electron chi connectivity index (χ2n) is 9.42. The van der Waals surface area contributed by atoms with Gasteiger partial charge in [0.2, 0.25) is 0 Å². The van der Waals surface area contributed by atoms with Crippen LogP contribution in [0.15, 0.2) is 23.2 Å². The van der Waals surface area contributed by atoms with Crippen LogP contribution in [-0.2, 0) is 10.8 Å². The number of nitrogens with zero attached hydrogens (tertiary/aromatic N) is 1. The van der Waals surface area contributed by atoms with Crippen molar-refractivity contribution in [3.05, 3.63) is 34.9 Å². The summed E-state index contributed by atoms with van der Waals surface area (Å²) in [6.07, 6.45) is 5.17. The lowest BCUT2D eigenvalue weighted by atomic mass is 9.63. The van der Waals surface area contributed by atoms with Gasteiger partial charge in [0.25, 0.3) is 0 Å². The Bertz CT molecular complexity index is 683. The van der Waals surface area contributed by atoms with Gasteiger partial charge in [0.1, 0.15) is 0 Å². The van der Waals surface area contributed by atoms with E-state index in [1.807, 2.05) is 11.8 Å². The first-order valence-corrected chi connectivity index (χ1v) is 10.8. The van der Waals surface area contributed by atoms with Crippen molar-refractivity contribution < 1.29 is 0 Å². The van der Waals surface area contributed by atoms with Crippen LogP contribution in [0.25, 0.3) is 0 Å². The fraction of sp³-hybridized carbons (Fsp3) is 0.682. The van der Waals surface area contributed by atoms with E-state index in [1.54, 1.807) is 11.1 Å². The molecule has 1 unspecified atom stereocenters. The molecular weight excluding hydrogens is 324 g/mol. The van der Waals surface area contributed by atoms with Crippen molar-refractivity contribution in [3.8, 4) is 0 Å². The lowest BCUT2D eigenvalue weighted by molar-refractivity contribution is 0.332. The second kappa shape index (κ2) is 6.42. The lowest BCUT2D eigenvalue weighted by Crippen LogP contribution is -2.34. The van der Waals surface area contributed by atoms with Crippen molar-refractivity contribution in [2.24, 2.45) is 10.9 Å². The minimum Gasteiger partial charge on any atom is -0.317 e. The molecule has 0 radical (unpaired) electrons. The van der Waals surface area contributed by atoms with Crippen molar-refractivity contribution in [1.29, 1.82) is 0 Å². The molecular formula is C22H32N2S. The largest absolute Gasteiger partial charge is 0.317 e. The van der Waals surface area contributed by atoms with Gasteiger partial charge in [-0.25, -0.2) is 0 Å². The number of rotatable bonds is 2. The van der Waals surface area contributed by atoms with Crippen molar-refractivity contribution in [1.82, 2.24) is 5.32 Å². The van der Waals surface area contributed by atoms with Crippen molar-refractivity contribution in [2.75, 3.05) is 19.6 Å². The second-order valence-corrected chi connectivity index (χ2v) is 10.6. The highest BCUT2D eigenvalue weighted by Gasteiger charge is 2.37. The summed E-state index contributed by atoms with van der Waals surface area (Å²) in [5.41, 5.74) is 5.02. The van der Waals surface area contributed by atoms with Crippen LogP contribution in [0.5, 0.6) is 0 Å². The molecule has 4 rings (SSSR count). The molecule has 136 valence electrons. The number of benzene rings is 1. The van der Waals surface area contributed by atoms with Gasteiger partial charge in [-0.1, -0.05) is 39.8 Å². The fourth-order valence-electron chi connectivity index (χ4n) is 4.73. The van der Waals surface area contributed by atoms with Crippen LogP contribution in [0.2, 0.25) is 0 Å². The van der Waals surface area contributed by atoms with Gasteiger partial charge in [-0.3, -0.25) is 4.99 Å². The van der Waals surface area contributed by atoms with Gasteiger partial charge in [0.15, 0.2) is 0 Å².